The van der Waals surface area contributed by atoms with Crippen LogP contribution in [-0.2, 0) is 17.9 Å². The van der Waals surface area contributed by atoms with Crippen molar-refractivity contribution in [2.24, 2.45) is 0 Å². The van der Waals surface area contributed by atoms with Gasteiger partial charge in [-0.1, -0.05) is 0 Å². The summed E-state index contributed by atoms with van der Waals surface area (Å²) >= 11 is 0. The summed E-state index contributed by atoms with van der Waals surface area (Å²) in [5, 5.41) is 2.75. The number of hydrogen-bond acceptors (Lipinski definition) is 5. The summed E-state index contributed by atoms with van der Waals surface area (Å²) in [6.45, 7) is 0.755. The molecule has 8 nitrogen and oxygen atoms in total. The molecule has 0 atom stereocenters. The number of H-pyrrole nitrogens is 1. The van der Waals surface area contributed by atoms with Crippen LogP contribution < -0.4 is 10.9 Å². The lowest BCUT2D eigenvalue weighted by molar-refractivity contribution is -0.121. The molecule has 21 heavy (non-hydrogen) atoms. The van der Waals surface area contributed by atoms with Crippen molar-refractivity contribution in [2.75, 3.05) is 0 Å². The van der Waals surface area contributed by atoms with Crippen LogP contribution in [-0.4, -0.2) is 25.4 Å². The minimum Gasteiger partial charge on any atom is -0.467 e. The molecule has 0 aliphatic heterocycles. The second kappa shape index (κ2) is 5.61. The van der Waals surface area contributed by atoms with Crippen molar-refractivity contribution in [1.29, 1.82) is 0 Å². The zero-order valence-corrected chi connectivity index (χ0v) is 11.1. The van der Waals surface area contributed by atoms with E-state index in [-0.39, 0.29) is 23.4 Å². The highest BCUT2D eigenvalue weighted by atomic mass is 16.3. The van der Waals surface area contributed by atoms with Crippen LogP contribution in [0, 0.1) is 0 Å². The molecule has 0 aliphatic rings. The number of hydrogen-bond donors (Lipinski definition) is 2. The minimum atomic E-state index is -0.291. The molecule has 0 saturated carbocycles. The molecule has 0 radical (unpaired) electrons. The van der Waals surface area contributed by atoms with E-state index < -0.39 is 0 Å². The summed E-state index contributed by atoms with van der Waals surface area (Å²) in [5.41, 5.74) is 0.451. The number of rotatable bonds is 5. The fraction of sp³-hybridized carbons (Fsp3) is 0.231. The molecule has 0 unspecified atom stereocenters. The van der Waals surface area contributed by atoms with Crippen LogP contribution in [0.1, 0.15) is 12.2 Å². The lowest BCUT2D eigenvalue weighted by Crippen LogP contribution is -2.23. The maximum atomic E-state index is 11.8. The largest absolute Gasteiger partial charge is 0.467 e. The smallest absolute Gasteiger partial charge is 0.278 e. The van der Waals surface area contributed by atoms with Gasteiger partial charge in [-0.2, -0.15) is 0 Å². The van der Waals surface area contributed by atoms with Crippen LogP contribution in [0.3, 0.4) is 0 Å². The first-order valence-electron chi connectivity index (χ1n) is 6.41. The van der Waals surface area contributed by atoms with Crippen LogP contribution in [0.2, 0.25) is 0 Å². The van der Waals surface area contributed by atoms with Crippen molar-refractivity contribution in [3.8, 4) is 0 Å². The van der Waals surface area contributed by atoms with Crippen molar-refractivity contribution < 1.29 is 9.21 Å². The Morgan fingerprint density at radius 2 is 2.33 bits per heavy atom. The van der Waals surface area contributed by atoms with Crippen molar-refractivity contribution in [3.63, 3.8) is 0 Å². The van der Waals surface area contributed by atoms with Gasteiger partial charge in [0, 0.05) is 13.0 Å². The van der Waals surface area contributed by atoms with Crippen molar-refractivity contribution in [1.82, 2.24) is 24.8 Å². The Hall–Kier alpha value is -2.90. The summed E-state index contributed by atoms with van der Waals surface area (Å²) < 4.78 is 6.80. The Labute approximate surface area is 118 Å². The van der Waals surface area contributed by atoms with Gasteiger partial charge in [0.15, 0.2) is 11.2 Å². The second-order valence-electron chi connectivity index (χ2n) is 4.45. The number of imidazole rings is 1. The van der Waals surface area contributed by atoms with Crippen LogP contribution in [0.4, 0.5) is 0 Å². The summed E-state index contributed by atoms with van der Waals surface area (Å²) in [6.07, 6.45) is 4.65. The van der Waals surface area contributed by atoms with Crippen molar-refractivity contribution in [2.45, 2.75) is 19.5 Å². The van der Waals surface area contributed by atoms with E-state index in [9.17, 15) is 9.59 Å². The Morgan fingerprint density at radius 1 is 1.43 bits per heavy atom. The molecule has 0 aromatic carbocycles. The highest BCUT2D eigenvalue weighted by molar-refractivity contribution is 5.76. The lowest BCUT2D eigenvalue weighted by Gasteiger charge is -2.04. The molecule has 0 fully saturated rings. The minimum absolute atomic E-state index is 0.113. The van der Waals surface area contributed by atoms with E-state index in [1.165, 1.54) is 12.7 Å². The zero-order chi connectivity index (χ0) is 14.7. The van der Waals surface area contributed by atoms with Gasteiger partial charge in [-0.25, -0.2) is 9.97 Å². The van der Waals surface area contributed by atoms with E-state index in [1.54, 1.807) is 23.0 Å². The van der Waals surface area contributed by atoms with E-state index in [4.69, 9.17) is 4.42 Å². The van der Waals surface area contributed by atoms with Gasteiger partial charge in [-0.15, -0.1) is 0 Å². The first kappa shape index (κ1) is 13.1. The summed E-state index contributed by atoms with van der Waals surface area (Å²) in [5.74, 6) is 0.586. The molecule has 2 N–H and O–H groups in total. The fourth-order valence-electron chi connectivity index (χ4n) is 1.96. The molecule has 0 aliphatic carbocycles. The topological polar surface area (TPSA) is 106 Å². The Kier molecular flexibility index (Phi) is 3.50. The van der Waals surface area contributed by atoms with E-state index in [0.29, 0.717) is 24.5 Å². The Bertz CT molecular complexity index is 803. The molecule has 8 heteroatoms. The quantitative estimate of drug-likeness (QED) is 0.707. The van der Waals surface area contributed by atoms with E-state index in [1.807, 2.05) is 0 Å². The molecule has 3 aromatic rings. The number of nitrogens with one attached hydrogen (secondary N) is 2. The third kappa shape index (κ3) is 2.83. The molecule has 0 spiro atoms. The standard InChI is InChI=1S/C13H13N5O3/c19-10(14-6-9-2-1-5-21-9)3-4-18-8-17-11-12(18)15-7-16-13(11)20/h1-2,5,7-8H,3-4,6H2,(H,14,19)(H,15,16,20). The van der Waals surface area contributed by atoms with Crippen molar-refractivity contribution in [3.05, 3.63) is 47.2 Å². The van der Waals surface area contributed by atoms with Crippen LogP contribution in [0.15, 0.2) is 40.3 Å². The number of nitrogens with zero attached hydrogens (tertiary/aromatic N) is 3. The molecule has 1 amide bonds. The van der Waals surface area contributed by atoms with Gasteiger partial charge in [-0.3, -0.25) is 9.59 Å². The summed E-state index contributed by atoms with van der Waals surface area (Å²) in [6, 6.07) is 3.56. The molecule has 0 saturated heterocycles. The maximum absolute atomic E-state index is 11.8. The van der Waals surface area contributed by atoms with Crippen LogP contribution >= 0.6 is 0 Å². The van der Waals surface area contributed by atoms with Gasteiger partial charge in [0.2, 0.25) is 5.91 Å². The average Bonchev–Trinajstić information content (AvgIpc) is 3.13. The second-order valence-corrected chi connectivity index (χ2v) is 4.45. The van der Waals surface area contributed by atoms with Crippen LogP contribution in [0.25, 0.3) is 11.2 Å². The van der Waals surface area contributed by atoms with Gasteiger partial charge in [0.1, 0.15) is 5.76 Å². The van der Waals surface area contributed by atoms with Gasteiger partial charge in [-0.05, 0) is 12.1 Å². The first-order valence-corrected chi connectivity index (χ1v) is 6.41. The summed E-state index contributed by atoms with van der Waals surface area (Å²) in [4.78, 5) is 33.8. The summed E-state index contributed by atoms with van der Waals surface area (Å²) in [7, 11) is 0. The lowest BCUT2D eigenvalue weighted by atomic mass is 10.3. The highest BCUT2D eigenvalue weighted by Gasteiger charge is 2.09. The number of aryl methyl sites for hydroxylation is 1. The SMILES string of the molecule is O=C(CCn1cnc2c(=O)[nH]cnc21)NCc1ccco1. The number of aromatic nitrogens is 4. The Balaban J connectivity index is 1.60. The third-order valence-corrected chi connectivity index (χ3v) is 3.03. The molecular formula is C13H13N5O3. The third-order valence-electron chi connectivity index (χ3n) is 3.03. The number of furan rings is 1. The van der Waals surface area contributed by atoms with Gasteiger partial charge in [0.05, 0.1) is 25.5 Å². The average molecular weight is 287 g/mol. The maximum Gasteiger partial charge on any atom is 0.278 e. The monoisotopic (exact) mass is 287 g/mol. The number of aromatic amines is 1. The first-order chi connectivity index (χ1) is 10.2. The van der Waals surface area contributed by atoms with E-state index in [0.717, 1.165) is 0 Å². The molecule has 3 rings (SSSR count). The Morgan fingerprint density at radius 3 is 3.14 bits per heavy atom. The van der Waals surface area contributed by atoms with Crippen LogP contribution in [0.5, 0.6) is 0 Å². The molecular weight excluding hydrogens is 274 g/mol. The normalized spacial score (nSPS) is 10.9. The predicted octanol–water partition coefficient (Wildman–Crippen LogP) is 0.419. The number of carbonyl (C=O) groups excluding carboxylic acids is 1. The molecule has 108 valence electrons. The van der Waals surface area contributed by atoms with Crippen molar-refractivity contribution >= 4 is 17.1 Å². The van der Waals surface area contributed by atoms with Gasteiger partial charge < -0.3 is 19.3 Å². The molecule has 0 bridgehead atoms. The zero-order valence-electron chi connectivity index (χ0n) is 11.1. The fourth-order valence-corrected chi connectivity index (χ4v) is 1.96. The van der Waals surface area contributed by atoms with Gasteiger partial charge in [0.25, 0.3) is 5.56 Å². The number of carbonyl (C=O) groups is 1. The number of fused-ring (bicyclic) bond motifs is 1. The molecule has 3 aromatic heterocycles. The molecule has 3 heterocycles. The van der Waals surface area contributed by atoms with E-state index >= 15 is 0 Å². The van der Waals surface area contributed by atoms with E-state index in [2.05, 4.69) is 20.3 Å². The highest BCUT2D eigenvalue weighted by Crippen LogP contribution is 2.05. The van der Waals surface area contributed by atoms with Gasteiger partial charge >= 0.3 is 0 Å². The predicted molar refractivity (Wildman–Crippen MR) is 73.3 cm³/mol. The number of amides is 1.